The summed E-state index contributed by atoms with van der Waals surface area (Å²) in [4.78, 5) is 0. The SMILES string of the molecule is Cc1ccoc1C(O)C1=COCCC1. The molecular weight excluding hydrogens is 180 g/mol. The minimum Gasteiger partial charge on any atom is -0.501 e. The molecule has 0 saturated heterocycles. The van der Waals surface area contributed by atoms with Gasteiger partial charge in [0.25, 0.3) is 0 Å². The fourth-order valence-corrected chi connectivity index (χ4v) is 1.62. The third-order valence-corrected chi connectivity index (χ3v) is 2.46. The number of aliphatic hydroxyl groups is 1. The van der Waals surface area contributed by atoms with Crippen LogP contribution in [0.3, 0.4) is 0 Å². The number of hydrogen-bond acceptors (Lipinski definition) is 3. The molecule has 1 aromatic rings. The Morgan fingerprint density at radius 2 is 2.36 bits per heavy atom. The zero-order chi connectivity index (χ0) is 9.97. The maximum absolute atomic E-state index is 9.97. The largest absolute Gasteiger partial charge is 0.501 e. The summed E-state index contributed by atoms with van der Waals surface area (Å²) in [6.07, 6.45) is 4.43. The molecule has 1 aliphatic heterocycles. The van der Waals surface area contributed by atoms with Gasteiger partial charge in [-0.1, -0.05) is 0 Å². The van der Waals surface area contributed by atoms with Crippen LogP contribution in [0.25, 0.3) is 0 Å². The lowest BCUT2D eigenvalue weighted by Crippen LogP contribution is -2.07. The van der Waals surface area contributed by atoms with Gasteiger partial charge in [-0.15, -0.1) is 0 Å². The van der Waals surface area contributed by atoms with E-state index in [4.69, 9.17) is 9.15 Å². The molecule has 0 bridgehead atoms. The Kier molecular flexibility index (Phi) is 2.59. The number of hydrogen-bond donors (Lipinski definition) is 1. The lowest BCUT2D eigenvalue weighted by Gasteiger charge is -2.17. The van der Waals surface area contributed by atoms with Gasteiger partial charge < -0.3 is 14.3 Å². The Labute approximate surface area is 83.0 Å². The van der Waals surface area contributed by atoms with E-state index in [1.165, 1.54) is 0 Å². The summed E-state index contributed by atoms with van der Waals surface area (Å²) >= 11 is 0. The Balaban J connectivity index is 2.19. The molecule has 0 amide bonds. The topological polar surface area (TPSA) is 42.6 Å². The molecule has 76 valence electrons. The molecule has 3 heteroatoms. The highest BCUT2D eigenvalue weighted by Crippen LogP contribution is 2.29. The maximum atomic E-state index is 9.97. The smallest absolute Gasteiger partial charge is 0.139 e. The van der Waals surface area contributed by atoms with Crippen LogP contribution in [0.4, 0.5) is 0 Å². The number of aryl methyl sites for hydroxylation is 1. The number of rotatable bonds is 2. The van der Waals surface area contributed by atoms with Gasteiger partial charge in [0.2, 0.25) is 0 Å². The average Bonchev–Trinajstić information content (AvgIpc) is 2.65. The summed E-state index contributed by atoms with van der Waals surface area (Å²) in [5, 5.41) is 9.97. The van der Waals surface area contributed by atoms with Crippen molar-refractivity contribution in [2.24, 2.45) is 0 Å². The number of furan rings is 1. The maximum Gasteiger partial charge on any atom is 0.139 e. The van der Waals surface area contributed by atoms with E-state index < -0.39 is 6.10 Å². The molecule has 1 aromatic heterocycles. The minimum atomic E-state index is -0.648. The van der Waals surface area contributed by atoms with Crippen LogP contribution in [-0.4, -0.2) is 11.7 Å². The minimum absolute atomic E-state index is 0.627. The molecule has 2 heterocycles. The van der Waals surface area contributed by atoms with E-state index in [-0.39, 0.29) is 0 Å². The summed E-state index contributed by atoms with van der Waals surface area (Å²) in [7, 11) is 0. The lowest BCUT2D eigenvalue weighted by molar-refractivity contribution is 0.152. The standard InChI is InChI=1S/C11H14O3/c1-8-4-6-14-11(8)10(12)9-3-2-5-13-7-9/h4,6-7,10,12H,2-3,5H2,1H3. The lowest BCUT2D eigenvalue weighted by atomic mass is 10.0. The van der Waals surface area contributed by atoms with Crippen molar-refractivity contribution in [1.82, 2.24) is 0 Å². The third-order valence-electron chi connectivity index (χ3n) is 2.46. The molecule has 3 nitrogen and oxygen atoms in total. The van der Waals surface area contributed by atoms with Gasteiger partial charge in [-0.05, 0) is 31.4 Å². The van der Waals surface area contributed by atoms with Gasteiger partial charge in [-0.25, -0.2) is 0 Å². The molecule has 0 fully saturated rings. The zero-order valence-corrected chi connectivity index (χ0v) is 8.19. The van der Waals surface area contributed by atoms with Gasteiger partial charge in [0.15, 0.2) is 0 Å². The van der Waals surface area contributed by atoms with Gasteiger partial charge in [-0.3, -0.25) is 0 Å². The van der Waals surface area contributed by atoms with Crippen LogP contribution < -0.4 is 0 Å². The van der Waals surface area contributed by atoms with Gasteiger partial charge in [-0.2, -0.15) is 0 Å². The first-order chi connectivity index (χ1) is 6.79. The summed E-state index contributed by atoms with van der Waals surface area (Å²) in [6, 6.07) is 1.85. The Morgan fingerprint density at radius 1 is 1.50 bits per heavy atom. The molecule has 0 spiro atoms. The molecule has 0 aliphatic carbocycles. The highest BCUT2D eigenvalue weighted by Gasteiger charge is 2.20. The predicted molar refractivity (Wildman–Crippen MR) is 51.7 cm³/mol. The Morgan fingerprint density at radius 3 is 2.93 bits per heavy atom. The zero-order valence-electron chi connectivity index (χ0n) is 8.19. The van der Waals surface area contributed by atoms with E-state index in [0.717, 1.165) is 30.6 Å². The molecule has 1 aliphatic rings. The van der Waals surface area contributed by atoms with Gasteiger partial charge in [0, 0.05) is 5.57 Å². The highest BCUT2D eigenvalue weighted by atomic mass is 16.5. The van der Waals surface area contributed by atoms with Crippen molar-refractivity contribution in [2.75, 3.05) is 6.61 Å². The highest BCUT2D eigenvalue weighted by molar-refractivity contribution is 5.24. The molecule has 1 unspecified atom stereocenters. The van der Waals surface area contributed by atoms with Crippen molar-refractivity contribution in [3.8, 4) is 0 Å². The third kappa shape index (κ3) is 1.68. The van der Waals surface area contributed by atoms with Crippen molar-refractivity contribution in [2.45, 2.75) is 25.9 Å². The molecular formula is C11H14O3. The second-order valence-corrected chi connectivity index (χ2v) is 3.54. The van der Waals surface area contributed by atoms with E-state index in [0.29, 0.717) is 5.76 Å². The molecule has 1 N–H and O–H groups in total. The van der Waals surface area contributed by atoms with E-state index in [2.05, 4.69) is 0 Å². The predicted octanol–water partition coefficient (Wildman–Crippen LogP) is 2.32. The Hall–Kier alpha value is -1.22. The molecule has 14 heavy (non-hydrogen) atoms. The van der Waals surface area contributed by atoms with Crippen LogP contribution in [0.5, 0.6) is 0 Å². The monoisotopic (exact) mass is 194 g/mol. The normalized spacial score (nSPS) is 18.6. The van der Waals surface area contributed by atoms with Crippen LogP contribution >= 0.6 is 0 Å². The summed E-state index contributed by atoms with van der Waals surface area (Å²) in [6.45, 7) is 2.67. The van der Waals surface area contributed by atoms with Gasteiger partial charge in [0.1, 0.15) is 11.9 Å². The van der Waals surface area contributed by atoms with Gasteiger partial charge in [0.05, 0.1) is 19.1 Å². The second-order valence-electron chi connectivity index (χ2n) is 3.54. The first-order valence-corrected chi connectivity index (χ1v) is 4.81. The second kappa shape index (κ2) is 3.88. The van der Waals surface area contributed by atoms with Crippen molar-refractivity contribution >= 4 is 0 Å². The van der Waals surface area contributed by atoms with E-state index in [9.17, 15) is 5.11 Å². The first-order valence-electron chi connectivity index (χ1n) is 4.81. The van der Waals surface area contributed by atoms with Crippen LogP contribution in [0, 0.1) is 6.92 Å². The van der Waals surface area contributed by atoms with Crippen molar-refractivity contribution < 1.29 is 14.3 Å². The average molecular weight is 194 g/mol. The van der Waals surface area contributed by atoms with Crippen LogP contribution in [0.15, 0.2) is 28.6 Å². The summed E-state index contributed by atoms with van der Waals surface area (Å²) in [5.41, 5.74) is 1.87. The molecule has 0 radical (unpaired) electrons. The fraction of sp³-hybridized carbons (Fsp3) is 0.455. The fourth-order valence-electron chi connectivity index (χ4n) is 1.62. The number of ether oxygens (including phenoxy) is 1. The van der Waals surface area contributed by atoms with Crippen LogP contribution in [-0.2, 0) is 4.74 Å². The van der Waals surface area contributed by atoms with Crippen LogP contribution in [0.2, 0.25) is 0 Å². The molecule has 0 saturated carbocycles. The molecule has 1 atom stereocenters. The van der Waals surface area contributed by atoms with Crippen LogP contribution in [0.1, 0.15) is 30.3 Å². The molecule has 0 aromatic carbocycles. The Bertz CT molecular complexity index is 338. The first kappa shape index (κ1) is 9.34. The van der Waals surface area contributed by atoms with Crippen molar-refractivity contribution in [3.05, 3.63) is 35.5 Å². The van der Waals surface area contributed by atoms with Gasteiger partial charge >= 0.3 is 0 Å². The van der Waals surface area contributed by atoms with E-state index >= 15 is 0 Å². The number of aliphatic hydroxyl groups excluding tert-OH is 1. The quantitative estimate of drug-likeness (QED) is 0.785. The van der Waals surface area contributed by atoms with Crippen molar-refractivity contribution in [1.29, 1.82) is 0 Å². The van der Waals surface area contributed by atoms with Crippen molar-refractivity contribution in [3.63, 3.8) is 0 Å². The summed E-state index contributed by atoms with van der Waals surface area (Å²) < 4.78 is 10.4. The van der Waals surface area contributed by atoms with E-state index in [1.807, 2.05) is 13.0 Å². The summed E-state index contributed by atoms with van der Waals surface area (Å²) in [5.74, 6) is 0.627. The van der Waals surface area contributed by atoms with E-state index in [1.54, 1.807) is 12.5 Å². The molecule has 2 rings (SSSR count).